The van der Waals surface area contributed by atoms with Crippen LogP contribution in [-0.2, 0) is 22.6 Å². The van der Waals surface area contributed by atoms with Crippen molar-refractivity contribution in [2.45, 2.75) is 20.0 Å². The molecule has 3 aromatic rings. The molecule has 1 fully saturated rings. The summed E-state index contributed by atoms with van der Waals surface area (Å²) < 4.78 is 11.9. The topological polar surface area (TPSA) is 111 Å². The maximum atomic E-state index is 13.3. The van der Waals surface area contributed by atoms with Crippen LogP contribution >= 0.6 is 28.1 Å². The molecule has 1 saturated heterocycles. The van der Waals surface area contributed by atoms with Gasteiger partial charge in [-0.2, -0.15) is 0 Å². The van der Waals surface area contributed by atoms with Crippen LogP contribution in [0.5, 0.6) is 11.5 Å². The van der Waals surface area contributed by atoms with E-state index in [1.807, 2.05) is 19.1 Å². The van der Waals surface area contributed by atoms with E-state index >= 15 is 0 Å². The Labute approximate surface area is 232 Å². The first-order chi connectivity index (χ1) is 18.2. The maximum Gasteiger partial charge on any atom is 0.270 e. The number of non-ortho nitro benzene ring substituents is 1. The van der Waals surface area contributed by atoms with Gasteiger partial charge in [0.25, 0.3) is 17.5 Å². The number of methoxy groups -OCH3 is 1. The smallest absolute Gasteiger partial charge is 0.270 e. The normalized spacial score (nSPS) is 14.4. The number of hydrogen-bond donors (Lipinski definition) is 1. The van der Waals surface area contributed by atoms with Crippen molar-refractivity contribution in [3.63, 3.8) is 0 Å². The van der Waals surface area contributed by atoms with Gasteiger partial charge in [0.2, 0.25) is 0 Å². The van der Waals surface area contributed by atoms with Crippen molar-refractivity contribution in [1.82, 2.24) is 5.32 Å². The zero-order valence-corrected chi connectivity index (χ0v) is 22.8. The molecule has 0 spiro atoms. The van der Waals surface area contributed by atoms with E-state index in [0.717, 1.165) is 17.5 Å². The van der Waals surface area contributed by atoms with Crippen LogP contribution in [0.25, 0.3) is 6.08 Å². The molecule has 0 aromatic heterocycles. The predicted octanol–water partition coefficient (Wildman–Crippen LogP) is 5.34. The first-order valence-electron chi connectivity index (χ1n) is 11.5. The summed E-state index contributed by atoms with van der Waals surface area (Å²) >= 11 is 8.75. The Balaban J connectivity index is 1.59. The number of carbonyl (C=O) groups excluding carboxylic acids is 2. The Morgan fingerprint density at radius 2 is 1.74 bits per heavy atom. The number of nitro groups is 1. The molecule has 0 unspecified atom stereocenters. The SMILES string of the molecule is CCc1ccc(N2C(=O)/C(=C/c3cc(Br)c(OCc4ccc([N+](=O)[O-])cc4)c(OC)c3)C(=O)NC2=S)cc1. The van der Waals surface area contributed by atoms with Gasteiger partial charge in [0.15, 0.2) is 16.6 Å². The van der Waals surface area contributed by atoms with Crippen LogP contribution in [0.3, 0.4) is 0 Å². The fraction of sp³-hybridized carbons (Fsp3) is 0.148. The lowest BCUT2D eigenvalue weighted by Crippen LogP contribution is -2.54. The van der Waals surface area contributed by atoms with Crippen molar-refractivity contribution >= 4 is 62.5 Å². The molecule has 0 bridgehead atoms. The number of ether oxygens (including phenoxy) is 2. The lowest BCUT2D eigenvalue weighted by Gasteiger charge is -2.29. The van der Waals surface area contributed by atoms with Crippen LogP contribution in [0.4, 0.5) is 11.4 Å². The molecule has 1 N–H and O–H groups in total. The zero-order valence-electron chi connectivity index (χ0n) is 20.4. The Morgan fingerprint density at radius 3 is 2.34 bits per heavy atom. The number of halogens is 1. The number of rotatable bonds is 8. The van der Waals surface area contributed by atoms with Crippen molar-refractivity contribution in [2.24, 2.45) is 0 Å². The van der Waals surface area contributed by atoms with Gasteiger partial charge in [0.1, 0.15) is 12.2 Å². The molecule has 0 aliphatic carbocycles. The number of benzene rings is 3. The summed E-state index contributed by atoms with van der Waals surface area (Å²) in [7, 11) is 1.47. The molecule has 11 heteroatoms. The number of hydrogen-bond acceptors (Lipinski definition) is 7. The Hall–Kier alpha value is -4.09. The van der Waals surface area contributed by atoms with Crippen LogP contribution in [0.2, 0.25) is 0 Å². The van der Waals surface area contributed by atoms with Crippen molar-refractivity contribution in [1.29, 1.82) is 0 Å². The van der Waals surface area contributed by atoms with E-state index in [1.54, 1.807) is 36.4 Å². The van der Waals surface area contributed by atoms with Crippen molar-refractivity contribution in [2.75, 3.05) is 12.0 Å². The van der Waals surface area contributed by atoms with E-state index in [9.17, 15) is 19.7 Å². The number of aryl methyl sites for hydroxylation is 1. The highest BCUT2D eigenvalue weighted by Crippen LogP contribution is 2.38. The average Bonchev–Trinajstić information content (AvgIpc) is 2.90. The molecule has 0 atom stereocenters. The van der Waals surface area contributed by atoms with Crippen molar-refractivity contribution in [3.8, 4) is 11.5 Å². The summed E-state index contributed by atoms with van der Waals surface area (Å²) in [6, 6.07) is 16.7. The van der Waals surface area contributed by atoms with E-state index in [1.165, 1.54) is 30.2 Å². The van der Waals surface area contributed by atoms with Crippen molar-refractivity contribution in [3.05, 3.63) is 97.5 Å². The highest BCUT2D eigenvalue weighted by molar-refractivity contribution is 9.10. The molecular weight excluding hydrogens is 574 g/mol. The van der Waals surface area contributed by atoms with Gasteiger partial charge in [-0.3, -0.25) is 29.9 Å². The molecule has 194 valence electrons. The summed E-state index contributed by atoms with van der Waals surface area (Å²) in [6.45, 7) is 2.17. The van der Waals surface area contributed by atoms with Gasteiger partial charge in [-0.05, 0) is 93.7 Å². The minimum atomic E-state index is -0.602. The highest BCUT2D eigenvalue weighted by Gasteiger charge is 2.34. The minimum Gasteiger partial charge on any atom is -0.493 e. The monoisotopic (exact) mass is 595 g/mol. The third-order valence-electron chi connectivity index (χ3n) is 5.80. The van der Waals surface area contributed by atoms with E-state index in [0.29, 0.717) is 27.2 Å². The molecule has 0 saturated carbocycles. The van der Waals surface area contributed by atoms with Crippen LogP contribution in [0.15, 0.2) is 70.7 Å². The summed E-state index contributed by atoms with van der Waals surface area (Å²) in [4.78, 5) is 37.7. The molecule has 0 radical (unpaired) electrons. The van der Waals surface area contributed by atoms with Gasteiger partial charge >= 0.3 is 0 Å². The summed E-state index contributed by atoms with van der Waals surface area (Å²) in [6.07, 6.45) is 2.31. The van der Waals surface area contributed by atoms with Gasteiger partial charge in [0, 0.05) is 12.1 Å². The molecular formula is C27H22BrN3O6S. The standard InChI is InChI=1S/C27H22BrN3O6S/c1-3-16-4-8-19(9-5-16)30-26(33)21(25(32)29-27(30)38)12-18-13-22(28)24(23(14-18)36-2)37-15-17-6-10-20(11-7-17)31(34)35/h4-14H,3,15H2,1-2H3,(H,29,32,38)/b21-12+. The van der Waals surface area contributed by atoms with Gasteiger partial charge < -0.3 is 9.47 Å². The van der Waals surface area contributed by atoms with Crippen LogP contribution < -0.4 is 19.7 Å². The van der Waals surface area contributed by atoms with Gasteiger partial charge in [-0.1, -0.05) is 19.1 Å². The first kappa shape index (κ1) is 27.0. The highest BCUT2D eigenvalue weighted by atomic mass is 79.9. The van der Waals surface area contributed by atoms with E-state index in [2.05, 4.69) is 21.2 Å². The molecule has 1 aliphatic rings. The van der Waals surface area contributed by atoms with Gasteiger partial charge in [-0.15, -0.1) is 0 Å². The largest absolute Gasteiger partial charge is 0.493 e. The summed E-state index contributed by atoms with van der Waals surface area (Å²) in [5.74, 6) is -0.392. The average molecular weight is 596 g/mol. The number of nitrogens with one attached hydrogen (secondary N) is 1. The molecule has 38 heavy (non-hydrogen) atoms. The van der Waals surface area contributed by atoms with Crippen molar-refractivity contribution < 1.29 is 24.0 Å². The van der Waals surface area contributed by atoms with E-state index < -0.39 is 16.7 Å². The number of anilines is 1. The summed E-state index contributed by atoms with van der Waals surface area (Å²) in [5, 5.41) is 13.4. The molecule has 1 heterocycles. The Bertz CT molecular complexity index is 1450. The number of carbonyl (C=O) groups is 2. The lowest BCUT2D eigenvalue weighted by atomic mass is 10.1. The third-order valence-corrected chi connectivity index (χ3v) is 6.67. The fourth-order valence-electron chi connectivity index (χ4n) is 3.77. The second-order valence-electron chi connectivity index (χ2n) is 8.22. The molecule has 4 rings (SSSR count). The quantitative estimate of drug-likeness (QED) is 0.123. The van der Waals surface area contributed by atoms with Gasteiger partial charge in [-0.25, -0.2) is 0 Å². The van der Waals surface area contributed by atoms with Gasteiger partial charge in [0.05, 0.1) is 22.2 Å². The van der Waals surface area contributed by atoms with Crippen LogP contribution in [0, 0.1) is 10.1 Å². The fourth-order valence-corrected chi connectivity index (χ4v) is 4.63. The lowest BCUT2D eigenvalue weighted by molar-refractivity contribution is -0.384. The summed E-state index contributed by atoms with van der Waals surface area (Å²) in [5.41, 5.74) is 2.80. The minimum absolute atomic E-state index is 0.00940. The first-order valence-corrected chi connectivity index (χ1v) is 12.7. The van der Waals surface area contributed by atoms with E-state index in [-0.39, 0.29) is 23.0 Å². The third kappa shape index (κ3) is 5.74. The Morgan fingerprint density at radius 1 is 1.08 bits per heavy atom. The van der Waals surface area contributed by atoms with E-state index in [4.69, 9.17) is 21.7 Å². The molecule has 2 amide bonds. The van der Waals surface area contributed by atoms with Crippen LogP contribution in [0.1, 0.15) is 23.6 Å². The number of thiocarbonyl (C=S) groups is 1. The second kappa shape index (κ2) is 11.5. The maximum absolute atomic E-state index is 13.3. The zero-order chi connectivity index (χ0) is 27.4. The molecule has 3 aromatic carbocycles. The second-order valence-corrected chi connectivity index (χ2v) is 9.47. The Kier molecular flexibility index (Phi) is 8.18. The number of amides is 2. The molecule has 9 nitrogen and oxygen atoms in total. The number of nitro benzene ring substituents is 1. The van der Waals surface area contributed by atoms with Crippen LogP contribution in [-0.4, -0.2) is 29.0 Å². The molecule has 1 aliphatic heterocycles. The predicted molar refractivity (Wildman–Crippen MR) is 150 cm³/mol. The number of nitrogens with zero attached hydrogens (tertiary/aromatic N) is 2.